The Morgan fingerprint density at radius 3 is 1.95 bits per heavy atom. The highest BCUT2D eigenvalue weighted by Crippen LogP contribution is 2.07. The topological polar surface area (TPSA) is 63.6 Å². The molecule has 0 aromatic heterocycles. The number of carboxylic acid groups (broad SMARTS) is 1. The molecule has 0 aliphatic heterocycles. The average Bonchev–Trinajstić information content (AvgIpc) is 2.55. The first kappa shape index (κ1) is 16.7. The smallest absolute Gasteiger partial charge is 0.337 e. The molecule has 4 nitrogen and oxygen atoms in total. The molecule has 0 bridgehead atoms. The van der Waals surface area contributed by atoms with E-state index in [0.717, 1.165) is 5.56 Å². The molecule has 21 heavy (non-hydrogen) atoms. The summed E-state index contributed by atoms with van der Waals surface area (Å²) in [5.41, 5.74) is 1.87. The highest BCUT2D eigenvalue weighted by atomic mass is 35.5. The fraction of sp³-hybridized carbons (Fsp3) is 0.125. The Hall–Kier alpha value is -2.33. The molecule has 2 aromatic carbocycles. The first-order valence-electron chi connectivity index (χ1n) is 6.10. The first-order valence-corrected chi connectivity index (χ1v) is 6.63. The van der Waals surface area contributed by atoms with Gasteiger partial charge in [-0.1, -0.05) is 30.3 Å². The predicted octanol–water partition coefficient (Wildman–Crippen LogP) is 3.60. The highest BCUT2D eigenvalue weighted by molar-refractivity contribution is 6.17. The molecule has 0 amide bonds. The molecular formula is C16H15ClO4. The van der Waals surface area contributed by atoms with Crippen LogP contribution in [-0.4, -0.2) is 24.2 Å². The summed E-state index contributed by atoms with van der Waals surface area (Å²) in [7, 11) is 1.36. The molecule has 0 aliphatic carbocycles. The number of alkyl halides is 1. The largest absolute Gasteiger partial charge is 0.478 e. The molecule has 1 N–H and O–H groups in total. The number of methoxy groups -OCH3 is 1. The minimum absolute atomic E-state index is 0.323. The van der Waals surface area contributed by atoms with E-state index in [1.165, 1.54) is 7.11 Å². The third-order valence-corrected chi connectivity index (χ3v) is 2.86. The van der Waals surface area contributed by atoms with Crippen molar-refractivity contribution in [2.24, 2.45) is 0 Å². The normalized spacial score (nSPS) is 9.24. The van der Waals surface area contributed by atoms with Gasteiger partial charge < -0.3 is 9.84 Å². The Morgan fingerprint density at radius 1 is 1.00 bits per heavy atom. The van der Waals surface area contributed by atoms with Crippen LogP contribution in [0.5, 0.6) is 0 Å². The van der Waals surface area contributed by atoms with E-state index in [1.54, 1.807) is 54.6 Å². The van der Waals surface area contributed by atoms with Crippen molar-refractivity contribution in [3.63, 3.8) is 0 Å². The van der Waals surface area contributed by atoms with Crippen molar-refractivity contribution in [1.29, 1.82) is 0 Å². The summed E-state index contributed by atoms with van der Waals surface area (Å²) >= 11 is 5.58. The number of hydrogen-bond donors (Lipinski definition) is 1. The number of hydrogen-bond acceptors (Lipinski definition) is 3. The van der Waals surface area contributed by atoms with Crippen LogP contribution >= 0.6 is 11.6 Å². The van der Waals surface area contributed by atoms with Crippen LogP contribution in [0.1, 0.15) is 26.3 Å². The minimum atomic E-state index is -0.879. The second-order valence-corrected chi connectivity index (χ2v) is 4.26. The molecule has 0 saturated carbocycles. The number of carboxylic acids is 1. The van der Waals surface area contributed by atoms with Gasteiger partial charge in [0.1, 0.15) is 0 Å². The van der Waals surface area contributed by atoms with Gasteiger partial charge in [-0.15, -0.1) is 11.6 Å². The van der Waals surface area contributed by atoms with Crippen molar-refractivity contribution >= 4 is 23.5 Å². The highest BCUT2D eigenvalue weighted by Gasteiger charge is 2.03. The Bertz CT molecular complexity index is 579. The van der Waals surface area contributed by atoms with Crippen LogP contribution in [-0.2, 0) is 10.6 Å². The Balaban J connectivity index is 0.000000219. The lowest BCUT2D eigenvalue weighted by Gasteiger charge is -1.99. The SMILES string of the molecule is COC(=O)c1ccc(CCl)cc1.O=C(O)c1ccccc1. The molecule has 0 saturated heterocycles. The Kier molecular flexibility index (Phi) is 6.98. The van der Waals surface area contributed by atoms with Crippen molar-refractivity contribution < 1.29 is 19.4 Å². The van der Waals surface area contributed by atoms with Gasteiger partial charge in [-0.05, 0) is 29.8 Å². The lowest BCUT2D eigenvalue weighted by molar-refractivity contribution is 0.0599. The molecule has 0 fully saturated rings. The number of halogens is 1. The number of ether oxygens (including phenoxy) is 1. The molecule has 5 heteroatoms. The van der Waals surface area contributed by atoms with E-state index >= 15 is 0 Å². The van der Waals surface area contributed by atoms with E-state index in [1.807, 2.05) is 0 Å². The third-order valence-electron chi connectivity index (χ3n) is 2.55. The standard InChI is InChI=1S/C9H9ClO2.C7H6O2/c1-12-9(11)8-4-2-7(6-10)3-5-8;8-7(9)6-4-2-1-3-5-6/h2-5H,6H2,1H3;1-5H,(H,8,9). The van der Waals surface area contributed by atoms with Gasteiger partial charge in [0.2, 0.25) is 0 Å². The van der Waals surface area contributed by atoms with Crippen LogP contribution in [0.2, 0.25) is 0 Å². The minimum Gasteiger partial charge on any atom is -0.478 e. The van der Waals surface area contributed by atoms with Gasteiger partial charge in [-0.2, -0.15) is 0 Å². The van der Waals surface area contributed by atoms with Gasteiger partial charge in [0, 0.05) is 5.88 Å². The molecule has 0 atom stereocenters. The molecular weight excluding hydrogens is 292 g/mol. The van der Waals surface area contributed by atoms with Crippen LogP contribution in [0.25, 0.3) is 0 Å². The predicted molar refractivity (Wildman–Crippen MR) is 80.7 cm³/mol. The van der Waals surface area contributed by atoms with Crippen molar-refractivity contribution in [2.75, 3.05) is 7.11 Å². The van der Waals surface area contributed by atoms with Crippen LogP contribution in [0.15, 0.2) is 54.6 Å². The fourth-order valence-corrected chi connectivity index (χ4v) is 1.61. The van der Waals surface area contributed by atoms with Crippen molar-refractivity contribution in [3.05, 3.63) is 71.3 Å². The van der Waals surface area contributed by atoms with Gasteiger partial charge in [0.05, 0.1) is 18.2 Å². The molecule has 0 unspecified atom stereocenters. The second-order valence-electron chi connectivity index (χ2n) is 3.99. The van der Waals surface area contributed by atoms with Crippen LogP contribution in [0.3, 0.4) is 0 Å². The van der Waals surface area contributed by atoms with Gasteiger partial charge in [-0.25, -0.2) is 9.59 Å². The summed E-state index contributed by atoms with van der Waals surface area (Å²) in [6, 6.07) is 15.3. The number of esters is 1. The zero-order valence-electron chi connectivity index (χ0n) is 11.5. The van der Waals surface area contributed by atoms with Gasteiger partial charge in [0.15, 0.2) is 0 Å². The number of benzene rings is 2. The molecule has 0 aliphatic rings. The number of rotatable bonds is 3. The van der Waals surface area contributed by atoms with Crippen molar-refractivity contribution in [2.45, 2.75) is 5.88 Å². The third kappa shape index (κ3) is 5.67. The molecule has 110 valence electrons. The lowest BCUT2D eigenvalue weighted by Crippen LogP contribution is -2.00. The Labute approximate surface area is 127 Å². The first-order chi connectivity index (χ1) is 10.1. The van der Waals surface area contributed by atoms with E-state index < -0.39 is 5.97 Å². The van der Waals surface area contributed by atoms with Gasteiger partial charge in [0.25, 0.3) is 0 Å². The van der Waals surface area contributed by atoms with E-state index in [0.29, 0.717) is 17.0 Å². The van der Waals surface area contributed by atoms with Crippen LogP contribution < -0.4 is 0 Å². The summed E-state index contributed by atoms with van der Waals surface area (Å²) in [4.78, 5) is 21.2. The van der Waals surface area contributed by atoms with Gasteiger partial charge >= 0.3 is 11.9 Å². The Morgan fingerprint density at radius 2 is 1.57 bits per heavy atom. The lowest BCUT2D eigenvalue weighted by atomic mass is 10.1. The van der Waals surface area contributed by atoms with Crippen molar-refractivity contribution in [3.8, 4) is 0 Å². The van der Waals surface area contributed by atoms with Crippen LogP contribution in [0.4, 0.5) is 0 Å². The molecule has 0 spiro atoms. The summed E-state index contributed by atoms with van der Waals surface area (Å²) < 4.78 is 4.54. The average molecular weight is 307 g/mol. The van der Waals surface area contributed by atoms with E-state index in [-0.39, 0.29) is 5.97 Å². The van der Waals surface area contributed by atoms with E-state index in [4.69, 9.17) is 16.7 Å². The molecule has 0 heterocycles. The summed E-state index contributed by atoms with van der Waals surface area (Å²) in [5, 5.41) is 8.38. The summed E-state index contributed by atoms with van der Waals surface area (Å²) in [6.45, 7) is 0. The maximum atomic E-state index is 11.0. The number of carbonyl (C=O) groups excluding carboxylic acids is 1. The maximum Gasteiger partial charge on any atom is 0.337 e. The zero-order chi connectivity index (χ0) is 15.7. The number of aromatic carboxylic acids is 1. The number of carbonyl (C=O) groups is 2. The molecule has 2 aromatic rings. The summed E-state index contributed by atoms with van der Waals surface area (Å²) in [5.74, 6) is -0.742. The zero-order valence-corrected chi connectivity index (χ0v) is 12.2. The quantitative estimate of drug-likeness (QED) is 0.695. The van der Waals surface area contributed by atoms with Gasteiger partial charge in [-0.3, -0.25) is 0 Å². The maximum absolute atomic E-state index is 11.0. The monoisotopic (exact) mass is 306 g/mol. The molecule has 2 rings (SSSR count). The van der Waals surface area contributed by atoms with E-state index in [2.05, 4.69) is 4.74 Å². The second kappa shape index (κ2) is 8.76. The fourth-order valence-electron chi connectivity index (χ4n) is 1.43. The van der Waals surface area contributed by atoms with Crippen LogP contribution in [0, 0.1) is 0 Å². The summed E-state index contributed by atoms with van der Waals surface area (Å²) in [6.07, 6.45) is 0. The van der Waals surface area contributed by atoms with Crippen molar-refractivity contribution in [1.82, 2.24) is 0 Å². The molecule has 0 radical (unpaired) electrons. The van der Waals surface area contributed by atoms with E-state index in [9.17, 15) is 9.59 Å².